The molecule has 136 valence electrons. The first-order valence-electron chi connectivity index (χ1n) is 8.99. The van der Waals surface area contributed by atoms with E-state index in [4.69, 9.17) is 0 Å². The van der Waals surface area contributed by atoms with E-state index >= 15 is 0 Å². The maximum Gasteiger partial charge on any atom is 0.269 e. The van der Waals surface area contributed by atoms with E-state index in [-0.39, 0.29) is 5.69 Å². The van der Waals surface area contributed by atoms with Gasteiger partial charge in [0.25, 0.3) is 5.69 Å². The van der Waals surface area contributed by atoms with E-state index < -0.39 is 4.92 Å². The third kappa shape index (κ3) is 5.07. The van der Waals surface area contributed by atoms with Crippen LogP contribution < -0.4 is 0 Å². The molecule has 0 fully saturated rings. The van der Waals surface area contributed by atoms with Gasteiger partial charge >= 0.3 is 0 Å². The highest BCUT2D eigenvalue weighted by molar-refractivity contribution is 5.68. The van der Waals surface area contributed by atoms with Crippen molar-refractivity contribution in [1.82, 2.24) is 9.97 Å². The van der Waals surface area contributed by atoms with Gasteiger partial charge in [-0.15, -0.1) is 0 Å². The Bertz CT molecular complexity index is 915. The quantitative estimate of drug-likeness (QED) is 0.409. The first-order chi connectivity index (χ1) is 13.2. The van der Waals surface area contributed by atoms with Crippen molar-refractivity contribution in [1.29, 1.82) is 0 Å². The molecule has 3 aromatic rings. The van der Waals surface area contributed by atoms with Gasteiger partial charge in [-0.1, -0.05) is 43.7 Å². The molecule has 0 spiro atoms. The first kappa shape index (κ1) is 18.5. The van der Waals surface area contributed by atoms with Crippen molar-refractivity contribution >= 4 is 17.8 Å². The second-order valence-electron chi connectivity index (χ2n) is 6.31. The minimum absolute atomic E-state index is 0.0773. The maximum absolute atomic E-state index is 10.7. The van der Waals surface area contributed by atoms with Crippen molar-refractivity contribution in [3.63, 3.8) is 0 Å². The molecular weight excluding hydrogens is 338 g/mol. The lowest BCUT2D eigenvalue weighted by Gasteiger charge is -2.04. The summed E-state index contributed by atoms with van der Waals surface area (Å²) in [6.45, 7) is 2.20. The largest absolute Gasteiger partial charge is 0.269 e. The highest BCUT2D eigenvalue weighted by Crippen LogP contribution is 2.19. The SMILES string of the molecule is CCCCc1ccc(-c2cnc(C=Cc3ccc([N+](=O)[O-])cc3)nc2)cc1. The monoisotopic (exact) mass is 359 g/mol. The van der Waals surface area contributed by atoms with Gasteiger partial charge in [-0.05, 0) is 47.7 Å². The Kier molecular flexibility index (Phi) is 6.05. The van der Waals surface area contributed by atoms with Crippen molar-refractivity contribution in [3.8, 4) is 11.1 Å². The molecule has 0 aliphatic rings. The zero-order chi connectivity index (χ0) is 19.1. The normalized spacial score (nSPS) is 11.0. The molecule has 2 aromatic carbocycles. The van der Waals surface area contributed by atoms with E-state index in [0.29, 0.717) is 5.82 Å². The molecule has 0 saturated heterocycles. The van der Waals surface area contributed by atoms with Crippen LogP contribution in [0.25, 0.3) is 23.3 Å². The number of nitro groups is 1. The number of unbranched alkanes of at least 4 members (excludes halogenated alkanes) is 1. The highest BCUT2D eigenvalue weighted by Gasteiger charge is 2.03. The van der Waals surface area contributed by atoms with Gasteiger partial charge < -0.3 is 0 Å². The smallest absolute Gasteiger partial charge is 0.258 e. The molecule has 27 heavy (non-hydrogen) atoms. The van der Waals surface area contributed by atoms with Crippen LogP contribution in [-0.4, -0.2) is 14.9 Å². The van der Waals surface area contributed by atoms with Crippen molar-refractivity contribution in [2.45, 2.75) is 26.2 Å². The molecule has 5 nitrogen and oxygen atoms in total. The average molecular weight is 359 g/mol. The zero-order valence-corrected chi connectivity index (χ0v) is 15.2. The van der Waals surface area contributed by atoms with Gasteiger partial charge in [-0.2, -0.15) is 0 Å². The maximum atomic E-state index is 10.7. The summed E-state index contributed by atoms with van der Waals surface area (Å²) in [4.78, 5) is 19.0. The Balaban J connectivity index is 1.66. The lowest BCUT2D eigenvalue weighted by molar-refractivity contribution is -0.384. The number of non-ortho nitro benzene ring substituents is 1. The Morgan fingerprint density at radius 2 is 1.59 bits per heavy atom. The lowest BCUT2D eigenvalue weighted by atomic mass is 10.0. The molecular formula is C22H21N3O2. The fraction of sp³-hybridized carbons (Fsp3) is 0.182. The van der Waals surface area contributed by atoms with Gasteiger partial charge in [0, 0.05) is 30.1 Å². The molecule has 0 N–H and O–H groups in total. The van der Waals surface area contributed by atoms with E-state index in [2.05, 4.69) is 41.2 Å². The van der Waals surface area contributed by atoms with Crippen LogP contribution in [0.2, 0.25) is 0 Å². The molecule has 1 heterocycles. The van der Waals surface area contributed by atoms with Crippen molar-refractivity contribution in [2.75, 3.05) is 0 Å². The molecule has 0 aliphatic carbocycles. The topological polar surface area (TPSA) is 68.9 Å². The molecule has 5 heteroatoms. The summed E-state index contributed by atoms with van der Waals surface area (Å²) in [6, 6.07) is 14.9. The van der Waals surface area contributed by atoms with Crippen molar-refractivity contribution in [3.05, 3.63) is 88.0 Å². The summed E-state index contributed by atoms with van der Waals surface area (Å²) >= 11 is 0. The van der Waals surface area contributed by atoms with Crippen LogP contribution in [0.4, 0.5) is 5.69 Å². The number of aryl methyl sites for hydroxylation is 1. The molecule has 0 atom stereocenters. The predicted octanol–water partition coefficient (Wildman–Crippen LogP) is 5.56. The molecule has 0 amide bonds. The van der Waals surface area contributed by atoms with E-state index in [1.807, 2.05) is 18.5 Å². The van der Waals surface area contributed by atoms with Gasteiger partial charge in [0.05, 0.1) is 4.92 Å². The van der Waals surface area contributed by atoms with Crippen LogP contribution in [0.1, 0.15) is 36.7 Å². The molecule has 0 radical (unpaired) electrons. The van der Waals surface area contributed by atoms with Gasteiger partial charge in [-0.3, -0.25) is 10.1 Å². The van der Waals surface area contributed by atoms with Crippen LogP contribution in [0, 0.1) is 10.1 Å². The summed E-state index contributed by atoms with van der Waals surface area (Å²) in [6.07, 6.45) is 10.8. The zero-order valence-electron chi connectivity index (χ0n) is 15.2. The number of hydrogen-bond donors (Lipinski definition) is 0. The van der Waals surface area contributed by atoms with Crippen molar-refractivity contribution < 1.29 is 4.92 Å². The van der Waals surface area contributed by atoms with E-state index in [9.17, 15) is 10.1 Å². The Hall–Kier alpha value is -3.34. The summed E-state index contributed by atoms with van der Waals surface area (Å²) in [5.74, 6) is 0.594. The van der Waals surface area contributed by atoms with Crippen LogP contribution >= 0.6 is 0 Å². The molecule has 0 saturated carbocycles. The van der Waals surface area contributed by atoms with Gasteiger partial charge in [0.1, 0.15) is 0 Å². The molecule has 1 aromatic heterocycles. The Morgan fingerprint density at radius 3 is 2.19 bits per heavy atom. The standard InChI is InChI=1S/C22H21N3O2/c1-2-3-4-17-5-10-19(11-6-17)20-15-23-22(24-16-20)14-9-18-7-12-21(13-8-18)25(26)27/h5-16H,2-4H2,1H3. The molecule has 3 rings (SSSR count). The number of rotatable bonds is 7. The fourth-order valence-electron chi connectivity index (χ4n) is 2.70. The molecule has 0 unspecified atom stereocenters. The Morgan fingerprint density at radius 1 is 0.926 bits per heavy atom. The number of benzene rings is 2. The van der Waals surface area contributed by atoms with Crippen LogP contribution in [0.3, 0.4) is 0 Å². The third-order valence-electron chi connectivity index (χ3n) is 4.31. The first-order valence-corrected chi connectivity index (χ1v) is 8.99. The number of aromatic nitrogens is 2. The fourth-order valence-corrected chi connectivity index (χ4v) is 2.70. The van der Waals surface area contributed by atoms with E-state index in [1.165, 1.54) is 30.5 Å². The summed E-state index contributed by atoms with van der Waals surface area (Å²) in [5.41, 5.74) is 4.36. The number of nitrogens with zero attached hydrogens (tertiary/aromatic N) is 3. The van der Waals surface area contributed by atoms with Crippen LogP contribution in [0.5, 0.6) is 0 Å². The van der Waals surface area contributed by atoms with Crippen LogP contribution in [0.15, 0.2) is 60.9 Å². The molecule has 0 aliphatic heterocycles. The minimum Gasteiger partial charge on any atom is -0.258 e. The second-order valence-corrected chi connectivity index (χ2v) is 6.31. The van der Waals surface area contributed by atoms with Gasteiger partial charge in [-0.25, -0.2) is 9.97 Å². The third-order valence-corrected chi connectivity index (χ3v) is 4.31. The summed E-state index contributed by atoms with van der Waals surface area (Å²) in [5, 5.41) is 10.7. The summed E-state index contributed by atoms with van der Waals surface area (Å²) < 4.78 is 0. The predicted molar refractivity (Wildman–Crippen MR) is 108 cm³/mol. The van der Waals surface area contributed by atoms with E-state index in [0.717, 1.165) is 23.1 Å². The second kappa shape index (κ2) is 8.85. The van der Waals surface area contributed by atoms with Crippen molar-refractivity contribution in [2.24, 2.45) is 0 Å². The average Bonchev–Trinajstić information content (AvgIpc) is 2.72. The van der Waals surface area contributed by atoms with Gasteiger partial charge in [0.15, 0.2) is 5.82 Å². The Labute approximate surface area is 158 Å². The van der Waals surface area contributed by atoms with E-state index in [1.54, 1.807) is 18.2 Å². The summed E-state index contributed by atoms with van der Waals surface area (Å²) in [7, 11) is 0. The minimum atomic E-state index is -0.411. The van der Waals surface area contributed by atoms with Gasteiger partial charge in [0.2, 0.25) is 0 Å². The molecule has 0 bridgehead atoms. The number of hydrogen-bond acceptors (Lipinski definition) is 4. The van der Waals surface area contributed by atoms with Crippen LogP contribution in [-0.2, 0) is 6.42 Å². The highest BCUT2D eigenvalue weighted by atomic mass is 16.6. The lowest BCUT2D eigenvalue weighted by Crippen LogP contribution is -1.89. The number of nitro benzene ring substituents is 1.